The van der Waals surface area contributed by atoms with Crippen molar-refractivity contribution >= 4 is 22.6 Å². The Labute approximate surface area is 173 Å². The Morgan fingerprint density at radius 3 is 2.77 bits per heavy atom. The number of hydrogen-bond acceptors (Lipinski definition) is 6. The first-order valence-electron chi connectivity index (χ1n) is 10.1. The van der Waals surface area contributed by atoms with Gasteiger partial charge in [0, 0.05) is 39.4 Å². The number of pyridine rings is 2. The number of nitrogens with one attached hydrogen (secondary N) is 2. The molecular weight excluding hydrogens is 384 g/mol. The van der Waals surface area contributed by atoms with Gasteiger partial charge in [0.15, 0.2) is 0 Å². The van der Waals surface area contributed by atoms with Gasteiger partial charge in [-0.3, -0.25) is 24.3 Å². The molecule has 1 saturated heterocycles. The fourth-order valence-corrected chi connectivity index (χ4v) is 3.90. The average Bonchev–Trinajstić information content (AvgIpc) is 2.76. The van der Waals surface area contributed by atoms with Crippen LogP contribution in [0.2, 0.25) is 0 Å². The quantitative estimate of drug-likeness (QED) is 0.597. The van der Waals surface area contributed by atoms with Crippen molar-refractivity contribution in [1.29, 1.82) is 5.41 Å². The topological polar surface area (TPSA) is 105 Å². The van der Waals surface area contributed by atoms with Gasteiger partial charge < -0.3 is 14.6 Å². The van der Waals surface area contributed by atoms with Crippen molar-refractivity contribution < 1.29 is 9.53 Å². The van der Waals surface area contributed by atoms with Gasteiger partial charge in [0.25, 0.3) is 11.5 Å². The van der Waals surface area contributed by atoms with Crippen LogP contribution in [0.15, 0.2) is 29.2 Å². The lowest BCUT2D eigenvalue weighted by atomic mass is 10.2. The summed E-state index contributed by atoms with van der Waals surface area (Å²) in [5, 5.41) is 11.5. The monoisotopic (exact) mass is 410 g/mol. The van der Waals surface area contributed by atoms with E-state index in [0.29, 0.717) is 23.2 Å². The third-order valence-corrected chi connectivity index (χ3v) is 5.57. The molecule has 9 nitrogen and oxygen atoms in total. The fourth-order valence-electron chi connectivity index (χ4n) is 3.90. The summed E-state index contributed by atoms with van der Waals surface area (Å²) in [5.74, 6) is -0.391. The maximum atomic E-state index is 13.2. The second kappa shape index (κ2) is 8.37. The predicted octanol–water partition coefficient (Wildman–Crippen LogP) is 0.519. The van der Waals surface area contributed by atoms with E-state index in [4.69, 9.17) is 15.1 Å². The molecule has 30 heavy (non-hydrogen) atoms. The molecule has 0 unspecified atom stereocenters. The molecule has 9 heteroatoms. The Bertz CT molecular complexity index is 1220. The lowest BCUT2D eigenvalue weighted by molar-refractivity contribution is 0.0369. The second-order valence-corrected chi connectivity index (χ2v) is 7.48. The molecule has 0 radical (unpaired) electrons. The van der Waals surface area contributed by atoms with Crippen LogP contribution in [0.1, 0.15) is 22.3 Å². The Hall–Kier alpha value is -3.04. The molecule has 1 amide bonds. The molecule has 0 spiro atoms. The first kappa shape index (κ1) is 20.2. The molecule has 0 aromatic carbocycles. The van der Waals surface area contributed by atoms with Gasteiger partial charge in [0.1, 0.15) is 16.8 Å². The number of amides is 1. The molecule has 3 aromatic rings. The molecule has 0 atom stereocenters. The number of aryl methyl sites for hydroxylation is 2. The highest BCUT2D eigenvalue weighted by Crippen LogP contribution is 2.13. The smallest absolute Gasteiger partial charge is 0.267 e. The van der Waals surface area contributed by atoms with Gasteiger partial charge in [-0.25, -0.2) is 4.98 Å². The minimum absolute atomic E-state index is 0.0636. The Morgan fingerprint density at radius 1 is 1.27 bits per heavy atom. The highest BCUT2D eigenvalue weighted by molar-refractivity contribution is 5.96. The van der Waals surface area contributed by atoms with E-state index in [2.05, 4.69) is 10.2 Å². The lowest BCUT2D eigenvalue weighted by Crippen LogP contribution is -2.38. The van der Waals surface area contributed by atoms with Crippen LogP contribution in [0.4, 0.5) is 0 Å². The SMILES string of the molecule is CNC(=O)c1cc2c(=O)n3cccc(C)c3nc2n(CCCN2CCOCC2)c1=N. The van der Waals surface area contributed by atoms with E-state index in [-0.39, 0.29) is 16.6 Å². The number of aromatic nitrogens is 3. The predicted molar refractivity (Wildman–Crippen MR) is 113 cm³/mol. The van der Waals surface area contributed by atoms with Crippen LogP contribution >= 0.6 is 0 Å². The van der Waals surface area contributed by atoms with Gasteiger partial charge in [-0.2, -0.15) is 0 Å². The molecule has 0 saturated carbocycles. The molecule has 2 N–H and O–H groups in total. The van der Waals surface area contributed by atoms with E-state index in [1.165, 1.54) is 17.5 Å². The summed E-state index contributed by atoms with van der Waals surface area (Å²) in [5.41, 5.74) is 1.86. The number of hydrogen-bond donors (Lipinski definition) is 2. The van der Waals surface area contributed by atoms with Crippen molar-refractivity contribution in [2.24, 2.45) is 0 Å². The van der Waals surface area contributed by atoms with Gasteiger partial charge in [-0.05, 0) is 31.0 Å². The van der Waals surface area contributed by atoms with Crippen molar-refractivity contribution in [3.05, 3.63) is 51.4 Å². The van der Waals surface area contributed by atoms with Gasteiger partial charge in [0.2, 0.25) is 0 Å². The summed E-state index contributed by atoms with van der Waals surface area (Å²) in [7, 11) is 1.52. The first-order chi connectivity index (χ1) is 14.5. The molecule has 4 rings (SSSR count). The number of carbonyl (C=O) groups is 1. The Kier molecular flexibility index (Phi) is 5.65. The zero-order chi connectivity index (χ0) is 21.3. The van der Waals surface area contributed by atoms with Crippen LogP contribution < -0.4 is 16.4 Å². The minimum Gasteiger partial charge on any atom is -0.379 e. The summed E-state index contributed by atoms with van der Waals surface area (Å²) >= 11 is 0. The normalized spacial score (nSPS) is 15.0. The fraction of sp³-hybridized carbons (Fsp3) is 0.429. The zero-order valence-electron chi connectivity index (χ0n) is 17.3. The maximum absolute atomic E-state index is 13.2. The van der Waals surface area contributed by atoms with Crippen molar-refractivity contribution in [2.45, 2.75) is 19.9 Å². The first-order valence-corrected chi connectivity index (χ1v) is 10.1. The van der Waals surface area contributed by atoms with Crippen LogP contribution in [0.3, 0.4) is 0 Å². The summed E-state index contributed by atoms with van der Waals surface area (Å²) in [4.78, 5) is 32.6. The van der Waals surface area contributed by atoms with Crippen molar-refractivity contribution in [2.75, 3.05) is 39.9 Å². The second-order valence-electron chi connectivity index (χ2n) is 7.48. The van der Waals surface area contributed by atoms with Gasteiger partial charge in [0.05, 0.1) is 24.2 Å². The largest absolute Gasteiger partial charge is 0.379 e. The van der Waals surface area contributed by atoms with E-state index in [9.17, 15) is 9.59 Å². The van der Waals surface area contributed by atoms with Gasteiger partial charge >= 0.3 is 0 Å². The molecule has 3 aromatic heterocycles. The highest BCUT2D eigenvalue weighted by atomic mass is 16.5. The molecule has 0 aliphatic carbocycles. The summed E-state index contributed by atoms with van der Waals surface area (Å²) in [6.07, 6.45) is 2.45. The molecule has 158 valence electrons. The third kappa shape index (κ3) is 3.61. The van der Waals surface area contributed by atoms with E-state index in [1.54, 1.807) is 16.8 Å². The minimum atomic E-state index is -0.391. The van der Waals surface area contributed by atoms with Crippen LogP contribution in [-0.2, 0) is 11.3 Å². The van der Waals surface area contributed by atoms with Crippen LogP contribution in [-0.4, -0.2) is 64.7 Å². The summed E-state index contributed by atoms with van der Waals surface area (Å²) < 4.78 is 8.57. The van der Waals surface area contributed by atoms with Crippen LogP contribution in [0, 0.1) is 12.3 Å². The lowest BCUT2D eigenvalue weighted by Gasteiger charge is -2.26. The molecule has 1 aliphatic heterocycles. The van der Waals surface area contributed by atoms with Crippen LogP contribution in [0.5, 0.6) is 0 Å². The zero-order valence-corrected chi connectivity index (χ0v) is 17.3. The van der Waals surface area contributed by atoms with E-state index >= 15 is 0 Å². The molecule has 0 bridgehead atoms. The van der Waals surface area contributed by atoms with Crippen molar-refractivity contribution in [3.8, 4) is 0 Å². The molecule has 1 aliphatic rings. The average molecular weight is 410 g/mol. The maximum Gasteiger partial charge on any atom is 0.267 e. The number of carbonyl (C=O) groups excluding carboxylic acids is 1. The molecule has 1 fully saturated rings. The van der Waals surface area contributed by atoms with E-state index in [1.807, 2.05) is 13.0 Å². The summed E-state index contributed by atoms with van der Waals surface area (Å²) in [6, 6.07) is 5.18. The number of morpholine rings is 1. The number of ether oxygens (including phenoxy) is 1. The van der Waals surface area contributed by atoms with E-state index < -0.39 is 5.91 Å². The number of fused-ring (bicyclic) bond motifs is 2. The molecular formula is C21H26N6O3. The summed E-state index contributed by atoms with van der Waals surface area (Å²) in [6.45, 7) is 6.49. The van der Waals surface area contributed by atoms with Crippen LogP contribution in [0.25, 0.3) is 16.7 Å². The standard InChI is InChI=1S/C21H26N6O3/c1-14-5-3-7-27-18(14)24-19-16(21(27)29)13-15(20(28)23-2)17(22)26(19)8-4-6-25-9-11-30-12-10-25/h3,5,7,13,22H,4,6,8-12H2,1-2H3,(H,23,28). The van der Waals surface area contributed by atoms with Gasteiger partial charge in [-0.1, -0.05) is 6.07 Å². The number of nitrogens with zero attached hydrogens (tertiary/aromatic N) is 4. The Morgan fingerprint density at radius 2 is 2.03 bits per heavy atom. The highest BCUT2D eigenvalue weighted by Gasteiger charge is 2.18. The van der Waals surface area contributed by atoms with Gasteiger partial charge in [-0.15, -0.1) is 0 Å². The number of rotatable bonds is 5. The third-order valence-electron chi connectivity index (χ3n) is 5.57. The molecule has 4 heterocycles. The van der Waals surface area contributed by atoms with Crippen molar-refractivity contribution in [1.82, 2.24) is 24.2 Å². The van der Waals surface area contributed by atoms with E-state index in [0.717, 1.165) is 44.8 Å². The van der Waals surface area contributed by atoms with Crippen molar-refractivity contribution in [3.63, 3.8) is 0 Å². The Balaban J connectivity index is 1.84.